The van der Waals surface area contributed by atoms with Crippen LogP contribution in [0.5, 0.6) is 5.88 Å². The van der Waals surface area contributed by atoms with E-state index in [0.717, 1.165) is 11.6 Å². The highest BCUT2D eigenvalue weighted by molar-refractivity contribution is 7.71. The molecule has 1 aromatic carbocycles. The molecule has 0 saturated carbocycles. The maximum Gasteiger partial charge on any atom is 0.253 e. The average Bonchev–Trinajstić information content (AvgIpc) is 2.91. The number of pyridine rings is 1. The summed E-state index contributed by atoms with van der Waals surface area (Å²) in [5.41, 5.74) is 1.80. The Morgan fingerprint density at radius 3 is 3.04 bits per heavy atom. The number of imidazole rings is 1. The molecule has 0 spiro atoms. The highest BCUT2D eigenvalue weighted by Gasteiger charge is 2.14. The first-order valence-corrected chi connectivity index (χ1v) is 7.17. The molecule has 0 saturated heterocycles. The zero-order valence-corrected chi connectivity index (χ0v) is 13.0. The van der Waals surface area contributed by atoms with Crippen molar-refractivity contribution in [2.24, 2.45) is 0 Å². The molecule has 8 heteroatoms. The van der Waals surface area contributed by atoms with Crippen LogP contribution in [0.15, 0.2) is 30.5 Å². The lowest BCUT2D eigenvalue weighted by Gasteiger charge is -2.09. The fraction of sp³-hybridized carbons (Fsp3) is 0.133. The topological polar surface area (TPSA) is 82.8 Å². The van der Waals surface area contributed by atoms with Crippen LogP contribution in [-0.2, 0) is 6.54 Å². The number of nitrogens with zero attached hydrogens (tertiary/aromatic N) is 1. The molecular formula is C15H13FN4O2S. The Morgan fingerprint density at radius 1 is 1.43 bits per heavy atom. The molecule has 0 aliphatic rings. The van der Waals surface area contributed by atoms with Crippen LogP contribution >= 0.6 is 12.2 Å². The number of rotatable bonds is 4. The van der Waals surface area contributed by atoms with Gasteiger partial charge in [0.25, 0.3) is 5.91 Å². The Bertz CT molecular complexity index is 935. The van der Waals surface area contributed by atoms with Gasteiger partial charge < -0.3 is 20.0 Å². The van der Waals surface area contributed by atoms with Crippen molar-refractivity contribution in [2.45, 2.75) is 6.54 Å². The summed E-state index contributed by atoms with van der Waals surface area (Å²) in [7, 11) is 1.50. The van der Waals surface area contributed by atoms with Crippen LogP contribution in [-0.4, -0.2) is 28.0 Å². The zero-order valence-electron chi connectivity index (χ0n) is 12.1. The third kappa shape index (κ3) is 3.07. The van der Waals surface area contributed by atoms with Crippen LogP contribution in [0.1, 0.15) is 15.9 Å². The fourth-order valence-electron chi connectivity index (χ4n) is 2.30. The summed E-state index contributed by atoms with van der Waals surface area (Å²) in [6.45, 7) is 0.207. The lowest BCUT2D eigenvalue weighted by atomic mass is 10.1. The SMILES string of the molecule is COc1ncccc1CNC(=O)c1cc(F)cc2[nH]c(=S)[nH]c12. The van der Waals surface area contributed by atoms with E-state index in [1.54, 1.807) is 18.3 Å². The maximum absolute atomic E-state index is 13.7. The van der Waals surface area contributed by atoms with Crippen LogP contribution in [0, 0.1) is 10.6 Å². The number of benzene rings is 1. The highest BCUT2D eigenvalue weighted by Crippen LogP contribution is 2.18. The molecule has 0 radical (unpaired) electrons. The number of H-pyrrole nitrogens is 2. The summed E-state index contributed by atoms with van der Waals surface area (Å²) in [6, 6.07) is 5.98. The summed E-state index contributed by atoms with van der Waals surface area (Å²) < 4.78 is 19.1. The minimum absolute atomic E-state index is 0.176. The minimum Gasteiger partial charge on any atom is -0.481 e. The van der Waals surface area contributed by atoms with E-state index < -0.39 is 11.7 Å². The van der Waals surface area contributed by atoms with E-state index >= 15 is 0 Å². The van der Waals surface area contributed by atoms with Gasteiger partial charge in [-0.25, -0.2) is 9.37 Å². The molecule has 3 N–H and O–H groups in total. The van der Waals surface area contributed by atoms with Crippen molar-refractivity contribution < 1.29 is 13.9 Å². The van der Waals surface area contributed by atoms with E-state index in [-0.39, 0.29) is 12.1 Å². The Labute approximate surface area is 135 Å². The molecule has 3 aromatic rings. The molecule has 23 heavy (non-hydrogen) atoms. The molecular weight excluding hydrogens is 319 g/mol. The van der Waals surface area contributed by atoms with Gasteiger partial charge in [0.15, 0.2) is 4.77 Å². The number of amides is 1. The van der Waals surface area contributed by atoms with Crippen molar-refractivity contribution in [2.75, 3.05) is 7.11 Å². The number of halogens is 1. The van der Waals surface area contributed by atoms with Crippen molar-refractivity contribution in [3.05, 3.63) is 52.2 Å². The standard InChI is InChI=1S/C15H13FN4O2S/c1-22-14-8(3-2-4-17-14)7-18-13(21)10-5-9(16)6-11-12(10)20-15(23)19-11/h2-6H,7H2,1H3,(H,18,21)(H2,19,20,23). The van der Waals surface area contributed by atoms with Crippen molar-refractivity contribution in [3.8, 4) is 5.88 Å². The summed E-state index contributed by atoms with van der Waals surface area (Å²) in [5, 5.41) is 2.73. The van der Waals surface area contributed by atoms with Gasteiger partial charge in [-0.3, -0.25) is 4.79 Å². The van der Waals surface area contributed by atoms with E-state index in [9.17, 15) is 9.18 Å². The molecule has 0 bridgehead atoms. The van der Waals surface area contributed by atoms with Crippen LogP contribution in [0.3, 0.4) is 0 Å². The number of nitrogens with one attached hydrogen (secondary N) is 3. The Morgan fingerprint density at radius 2 is 2.26 bits per heavy atom. The van der Waals surface area contributed by atoms with E-state index in [1.165, 1.54) is 13.2 Å². The lowest BCUT2D eigenvalue weighted by molar-refractivity contribution is 0.0951. The van der Waals surface area contributed by atoms with E-state index in [4.69, 9.17) is 17.0 Å². The summed E-state index contributed by atoms with van der Waals surface area (Å²) in [4.78, 5) is 22.1. The summed E-state index contributed by atoms with van der Waals surface area (Å²) in [6.07, 6.45) is 1.60. The second-order valence-electron chi connectivity index (χ2n) is 4.81. The molecule has 2 aromatic heterocycles. The quantitative estimate of drug-likeness (QED) is 0.642. The largest absolute Gasteiger partial charge is 0.481 e. The molecule has 0 aliphatic heterocycles. The minimum atomic E-state index is -0.521. The Kier molecular flexibility index (Phi) is 4.07. The van der Waals surface area contributed by atoms with E-state index in [1.807, 2.05) is 0 Å². The number of aromatic amines is 2. The second kappa shape index (κ2) is 6.17. The Balaban J connectivity index is 1.88. The van der Waals surface area contributed by atoms with E-state index in [0.29, 0.717) is 21.7 Å². The second-order valence-corrected chi connectivity index (χ2v) is 5.22. The van der Waals surface area contributed by atoms with Crippen LogP contribution in [0.25, 0.3) is 11.0 Å². The molecule has 0 aliphatic carbocycles. The number of carbonyl (C=O) groups excluding carboxylic acids is 1. The van der Waals surface area contributed by atoms with Gasteiger partial charge in [0, 0.05) is 18.3 Å². The smallest absolute Gasteiger partial charge is 0.253 e. The predicted octanol–water partition coefficient (Wildman–Crippen LogP) is 2.70. The monoisotopic (exact) mass is 332 g/mol. The van der Waals surface area contributed by atoms with Crippen LogP contribution in [0.4, 0.5) is 4.39 Å². The third-order valence-electron chi connectivity index (χ3n) is 3.32. The predicted molar refractivity (Wildman–Crippen MR) is 85.4 cm³/mol. The lowest BCUT2D eigenvalue weighted by Crippen LogP contribution is -2.23. The number of fused-ring (bicyclic) bond motifs is 1. The first-order valence-electron chi connectivity index (χ1n) is 6.76. The molecule has 0 unspecified atom stereocenters. The van der Waals surface area contributed by atoms with Gasteiger partial charge in [0.2, 0.25) is 5.88 Å². The number of ether oxygens (including phenoxy) is 1. The van der Waals surface area contributed by atoms with Crippen LogP contribution in [0.2, 0.25) is 0 Å². The van der Waals surface area contributed by atoms with Gasteiger partial charge in [-0.1, -0.05) is 6.07 Å². The molecule has 118 valence electrons. The summed E-state index contributed by atoms with van der Waals surface area (Å²) >= 11 is 4.99. The fourth-order valence-corrected chi connectivity index (χ4v) is 2.51. The van der Waals surface area contributed by atoms with Crippen molar-refractivity contribution in [1.82, 2.24) is 20.3 Å². The molecule has 3 rings (SSSR count). The van der Waals surface area contributed by atoms with E-state index in [2.05, 4.69) is 20.3 Å². The summed E-state index contributed by atoms with van der Waals surface area (Å²) in [5.74, 6) is -0.518. The normalized spacial score (nSPS) is 10.7. The molecule has 1 amide bonds. The molecule has 2 heterocycles. The number of aromatic nitrogens is 3. The van der Waals surface area contributed by atoms with Gasteiger partial charge in [-0.15, -0.1) is 0 Å². The van der Waals surface area contributed by atoms with Gasteiger partial charge in [0.05, 0.1) is 23.7 Å². The van der Waals surface area contributed by atoms with Gasteiger partial charge in [-0.05, 0) is 30.4 Å². The zero-order chi connectivity index (χ0) is 16.4. The highest BCUT2D eigenvalue weighted by atomic mass is 32.1. The number of hydrogen-bond donors (Lipinski definition) is 3. The van der Waals surface area contributed by atoms with Gasteiger partial charge in [0.1, 0.15) is 5.82 Å². The maximum atomic E-state index is 13.7. The van der Waals surface area contributed by atoms with Crippen LogP contribution < -0.4 is 10.1 Å². The van der Waals surface area contributed by atoms with Crippen molar-refractivity contribution in [1.29, 1.82) is 0 Å². The van der Waals surface area contributed by atoms with Gasteiger partial charge in [-0.2, -0.15) is 0 Å². The Hall–Kier alpha value is -2.74. The molecule has 0 fully saturated rings. The number of methoxy groups -OCH3 is 1. The first kappa shape index (κ1) is 15.2. The molecule has 6 nitrogen and oxygen atoms in total. The van der Waals surface area contributed by atoms with Crippen molar-refractivity contribution in [3.63, 3.8) is 0 Å². The first-order chi connectivity index (χ1) is 11.1. The van der Waals surface area contributed by atoms with Gasteiger partial charge >= 0.3 is 0 Å². The molecule has 0 atom stereocenters. The number of hydrogen-bond acceptors (Lipinski definition) is 4. The third-order valence-corrected chi connectivity index (χ3v) is 3.52. The average molecular weight is 332 g/mol. The van der Waals surface area contributed by atoms with Crippen molar-refractivity contribution >= 4 is 29.2 Å². The number of carbonyl (C=O) groups is 1.